The molecule has 114 valence electrons. The largest absolute Gasteiger partial charge is 0.481 e. The molecule has 1 fully saturated rings. The first-order chi connectivity index (χ1) is 10.6. The normalized spacial score (nSPS) is 16.5. The molecule has 0 aliphatic heterocycles. The van der Waals surface area contributed by atoms with Gasteiger partial charge in [-0.3, -0.25) is 14.6 Å². The molecule has 1 aromatic carbocycles. The summed E-state index contributed by atoms with van der Waals surface area (Å²) >= 11 is 0. The molecule has 5 nitrogen and oxygen atoms in total. The summed E-state index contributed by atoms with van der Waals surface area (Å²) in [5.74, 6) is -1.08. The maximum absolute atomic E-state index is 12.5. The molecule has 1 aliphatic carbocycles. The van der Waals surface area contributed by atoms with E-state index in [9.17, 15) is 9.59 Å². The number of nitrogens with one attached hydrogen (secondary N) is 1. The molecule has 5 heteroatoms. The topological polar surface area (TPSA) is 79.3 Å². The molecule has 1 saturated carbocycles. The first kappa shape index (κ1) is 14.5. The lowest BCUT2D eigenvalue weighted by Crippen LogP contribution is -2.47. The van der Waals surface area contributed by atoms with Crippen molar-refractivity contribution in [3.8, 4) is 0 Å². The van der Waals surface area contributed by atoms with E-state index in [-0.39, 0.29) is 12.3 Å². The zero-order chi connectivity index (χ0) is 15.6. The summed E-state index contributed by atoms with van der Waals surface area (Å²) in [7, 11) is 0. The van der Waals surface area contributed by atoms with Crippen LogP contribution in [0, 0.1) is 0 Å². The van der Waals surface area contributed by atoms with Crippen molar-refractivity contribution in [1.29, 1.82) is 0 Å². The van der Waals surface area contributed by atoms with Crippen molar-refractivity contribution in [3.05, 3.63) is 42.1 Å². The van der Waals surface area contributed by atoms with Crippen LogP contribution in [0.2, 0.25) is 0 Å². The van der Waals surface area contributed by atoms with Crippen molar-refractivity contribution in [3.63, 3.8) is 0 Å². The number of pyridine rings is 1. The first-order valence-corrected chi connectivity index (χ1v) is 7.47. The molecule has 1 heterocycles. The second-order valence-electron chi connectivity index (χ2n) is 5.92. The van der Waals surface area contributed by atoms with Crippen molar-refractivity contribution >= 4 is 22.8 Å². The number of carboxylic acid groups (broad SMARTS) is 1. The van der Waals surface area contributed by atoms with Crippen molar-refractivity contribution < 1.29 is 14.7 Å². The van der Waals surface area contributed by atoms with E-state index in [4.69, 9.17) is 5.11 Å². The predicted octanol–water partition coefficient (Wildman–Crippen LogP) is 2.75. The Labute approximate surface area is 128 Å². The smallest absolute Gasteiger partial charge is 0.305 e. The number of hydrogen-bond donors (Lipinski definition) is 2. The maximum atomic E-state index is 12.5. The molecule has 0 unspecified atom stereocenters. The molecule has 2 aromatic rings. The van der Waals surface area contributed by atoms with Crippen molar-refractivity contribution in [2.24, 2.45) is 0 Å². The second kappa shape index (κ2) is 5.75. The Balaban J connectivity index is 1.83. The highest BCUT2D eigenvalue weighted by Gasteiger charge is 2.37. The zero-order valence-electron chi connectivity index (χ0n) is 12.2. The van der Waals surface area contributed by atoms with Gasteiger partial charge in [-0.05, 0) is 37.1 Å². The summed E-state index contributed by atoms with van der Waals surface area (Å²) in [4.78, 5) is 27.8. The SMILES string of the molecule is O=C(O)CC1(NC(=O)c2ccc3ncccc3c2)CCCC1. The lowest BCUT2D eigenvalue weighted by atomic mass is 9.92. The van der Waals surface area contributed by atoms with Gasteiger partial charge in [0.15, 0.2) is 0 Å². The Kier molecular flexibility index (Phi) is 3.79. The van der Waals surface area contributed by atoms with E-state index in [2.05, 4.69) is 10.3 Å². The third-order valence-corrected chi connectivity index (χ3v) is 4.29. The predicted molar refractivity (Wildman–Crippen MR) is 82.7 cm³/mol. The molecule has 0 bridgehead atoms. The number of carbonyl (C=O) groups is 2. The van der Waals surface area contributed by atoms with Gasteiger partial charge in [-0.25, -0.2) is 0 Å². The van der Waals surface area contributed by atoms with Gasteiger partial charge in [-0.1, -0.05) is 18.9 Å². The number of hydrogen-bond acceptors (Lipinski definition) is 3. The van der Waals surface area contributed by atoms with Gasteiger partial charge in [-0.15, -0.1) is 0 Å². The summed E-state index contributed by atoms with van der Waals surface area (Å²) in [5.41, 5.74) is 0.768. The molecule has 3 rings (SSSR count). The van der Waals surface area contributed by atoms with Gasteiger partial charge in [0.1, 0.15) is 0 Å². The summed E-state index contributed by atoms with van der Waals surface area (Å²) in [6, 6.07) is 9.06. The van der Waals surface area contributed by atoms with E-state index in [1.165, 1.54) is 0 Å². The Hall–Kier alpha value is -2.43. The summed E-state index contributed by atoms with van der Waals surface area (Å²) in [6.45, 7) is 0. The van der Waals surface area contributed by atoms with E-state index < -0.39 is 11.5 Å². The Morgan fingerprint density at radius 2 is 2.00 bits per heavy atom. The number of carboxylic acids is 1. The minimum Gasteiger partial charge on any atom is -0.481 e. The van der Waals surface area contributed by atoms with Gasteiger partial charge in [-0.2, -0.15) is 0 Å². The first-order valence-electron chi connectivity index (χ1n) is 7.47. The molecule has 0 radical (unpaired) electrons. The summed E-state index contributed by atoms with van der Waals surface area (Å²) < 4.78 is 0. The number of rotatable bonds is 4. The van der Waals surface area contributed by atoms with Crippen molar-refractivity contribution in [2.45, 2.75) is 37.6 Å². The minimum absolute atomic E-state index is 0.0200. The van der Waals surface area contributed by atoms with Crippen molar-refractivity contribution in [1.82, 2.24) is 10.3 Å². The van der Waals surface area contributed by atoms with Crippen LogP contribution in [-0.2, 0) is 4.79 Å². The Morgan fingerprint density at radius 1 is 1.23 bits per heavy atom. The van der Waals surface area contributed by atoms with Gasteiger partial charge < -0.3 is 10.4 Å². The lowest BCUT2D eigenvalue weighted by Gasteiger charge is -2.28. The fraction of sp³-hybridized carbons (Fsp3) is 0.353. The zero-order valence-corrected chi connectivity index (χ0v) is 12.2. The fourth-order valence-electron chi connectivity index (χ4n) is 3.22. The lowest BCUT2D eigenvalue weighted by molar-refractivity contribution is -0.138. The van der Waals surface area contributed by atoms with Crippen LogP contribution in [0.3, 0.4) is 0 Å². The molecule has 0 atom stereocenters. The van der Waals surface area contributed by atoms with Crippen LogP contribution < -0.4 is 5.32 Å². The maximum Gasteiger partial charge on any atom is 0.305 e. The van der Waals surface area contributed by atoms with Gasteiger partial charge in [0, 0.05) is 17.1 Å². The van der Waals surface area contributed by atoms with Gasteiger partial charge in [0.25, 0.3) is 5.91 Å². The van der Waals surface area contributed by atoms with Crippen LogP contribution in [0.25, 0.3) is 10.9 Å². The number of aliphatic carboxylic acids is 1. The van der Waals surface area contributed by atoms with Crippen LogP contribution in [0.5, 0.6) is 0 Å². The van der Waals surface area contributed by atoms with E-state index >= 15 is 0 Å². The van der Waals surface area contributed by atoms with Crippen molar-refractivity contribution in [2.75, 3.05) is 0 Å². The fourth-order valence-corrected chi connectivity index (χ4v) is 3.22. The van der Waals surface area contributed by atoms with E-state index in [1.807, 2.05) is 18.2 Å². The molecule has 2 N–H and O–H groups in total. The van der Waals surface area contributed by atoms with E-state index in [0.29, 0.717) is 5.56 Å². The highest BCUT2D eigenvalue weighted by atomic mass is 16.4. The second-order valence-corrected chi connectivity index (χ2v) is 5.92. The van der Waals surface area contributed by atoms with E-state index in [0.717, 1.165) is 36.6 Å². The third-order valence-electron chi connectivity index (χ3n) is 4.29. The standard InChI is InChI=1S/C17H18N2O3/c20-15(21)11-17(7-1-2-8-17)19-16(22)13-5-6-14-12(10-13)4-3-9-18-14/h3-6,9-10H,1-2,7-8,11H2,(H,19,22)(H,20,21). The molecule has 0 spiro atoms. The van der Waals surface area contributed by atoms with Crippen LogP contribution in [-0.4, -0.2) is 27.5 Å². The van der Waals surface area contributed by atoms with Crippen LogP contribution in [0.1, 0.15) is 42.5 Å². The van der Waals surface area contributed by atoms with Gasteiger partial charge in [0.05, 0.1) is 17.5 Å². The average Bonchev–Trinajstić information content (AvgIpc) is 2.94. The Morgan fingerprint density at radius 3 is 2.73 bits per heavy atom. The average molecular weight is 298 g/mol. The molecule has 0 saturated heterocycles. The van der Waals surface area contributed by atoms with Crippen LogP contribution in [0.15, 0.2) is 36.5 Å². The molecule has 22 heavy (non-hydrogen) atoms. The number of fused-ring (bicyclic) bond motifs is 1. The van der Waals surface area contributed by atoms with Gasteiger partial charge >= 0.3 is 5.97 Å². The summed E-state index contributed by atoms with van der Waals surface area (Å²) in [5, 5.41) is 13.0. The molecule has 1 aromatic heterocycles. The summed E-state index contributed by atoms with van der Waals surface area (Å²) in [6.07, 6.45) is 5.04. The quantitative estimate of drug-likeness (QED) is 0.909. The van der Waals surface area contributed by atoms with Crippen LogP contribution in [0.4, 0.5) is 0 Å². The van der Waals surface area contributed by atoms with Gasteiger partial charge in [0.2, 0.25) is 0 Å². The number of nitrogens with zero attached hydrogens (tertiary/aromatic N) is 1. The number of benzene rings is 1. The van der Waals surface area contributed by atoms with Crippen LogP contribution >= 0.6 is 0 Å². The monoisotopic (exact) mass is 298 g/mol. The molecule has 1 amide bonds. The number of carbonyl (C=O) groups excluding carboxylic acids is 1. The number of aromatic nitrogens is 1. The minimum atomic E-state index is -0.870. The third kappa shape index (κ3) is 2.93. The molecular formula is C17H18N2O3. The van der Waals surface area contributed by atoms with E-state index in [1.54, 1.807) is 18.3 Å². The number of amides is 1. The highest BCUT2D eigenvalue weighted by Crippen LogP contribution is 2.33. The highest BCUT2D eigenvalue weighted by molar-refractivity contribution is 5.98. The Bertz CT molecular complexity index is 721. The molecule has 1 aliphatic rings. The molecular weight excluding hydrogens is 280 g/mol.